The molecule has 0 radical (unpaired) electrons. The molecule has 3 rings (SSSR count). The average molecular weight is 317 g/mol. The Bertz CT molecular complexity index is 815. The number of rotatable bonds is 4. The number of hydrogen-bond donors (Lipinski definition) is 0. The molecule has 0 amide bonds. The second-order valence-corrected chi connectivity index (χ2v) is 5.64. The predicted molar refractivity (Wildman–Crippen MR) is 102 cm³/mol. The zero-order valence-electron chi connectivity index (χ0n) is 12.7. The molecule has 0 heterocycles. The van der Waals surface area contributed by atoms with Crippen molar-refractivity contribution < 1.29 is 0 Å². The molecule has 0 saturated heterocycles. The van der Waals surface area contributed by atoms with E-state index < -0.39 is 0 Å². The third kappa shape index (κ3) is 4.21. The Hall–Kier alpha value is -2.57. The van der Waals surface area contributed by atoms with Crippen molar-refractivity contribution in [3.63, 3.8) is 0 Å². The first-order valence-corrected chi connectivity index (χ1v) is 7.95. The molecule has 0 fully saturated rings. The summed E-state index contributed by atoms with van der Waals surface area (Å²) in [6, 6.07) is 26.5. The maximum Gasteiger partial charge on any atom is 0.0484 e. The van der Waals surface area contributed by atoms with Crippen LogP contribution in [0.2, 0.25) is 5.02 Å². The van der Waals surface area contributed by atoms with Crippen molar-refractivity contribution in [1.82, 2.24) is 0 Å². The van der Waals surface area contributed by atoms with Gasteiger partial charge in [-0.1, -0.05) is 109 Å². The van der Waals surface area contributed by atoms with Gasteiger partial charge >= 0.3 is 0 Å². The van der Waals surface area contributed by atoms with Gasteiger partial charge in [0, 0.05) is 10.6 Å². The topological polar surface area (TPSA) is 0 Å². The highest BCUT2D eigenvalue weighted by Crippen LogP contribution is 2.24. The van der Waals surface area contributed by atoms with Crippen molar-refractivity contribution in [1.29, 1.82) is 0 Å². The van der Waals surface area contributed by atoms with Gasteiger partial charge in [0.1, 0.15) is 0 Å². The molecule has 0 saturated carbocycles. The zero-order chi connectivity index (χ0) is 15.9. The van der Waals surface area contributed by atoms with Crippen LogP contribution >= 0.6 is 11.6 Å². The number of halogens is 1. The van der Waals surface area contributed by atoms with Crippen LogP contribution in [0.1, 0.15) is 22.3 Å². The van der Waals surface area contributed by atoms with Crippen molar-refractivity contribution in [3.05, 3.63) is 106 Å². The minimum absolute atomic E-state index is 0.757. The minimum atomic E-state index is 0.757. The lowest BCUT2D eigenvalue weighted by atomic mass is 10.0. The third-order valence-electron chi connectivity index (χ3n) is 3.58. The van der Waals surface area contributed by atoms with Crippen LogP contribution in [0.25, 0.3) is 24.3 Å². The van der Waals surface area contributed by atoms with E-state index in [4.69, 9.17) is 11.6 Å². The van der Waals surface area contributed by atoms with Gasteiger partial charge < -0.3 is 0 Å². The van der Waals surface area contributed by atoms with E-state index in [1.165, 1.54) is 5.56 Å². The summed E-state index contributed by atoms with van der Waals surface area (Å²) in [4.78, 5) is 0. The first-order chi connectivity index (χ1) is 11.3. The summed E-state index contributed by atoms with van der Waals surface area (Å²) in [6.45, 7) is 0. The summed E-state index contributed by atoms with van der Waals surface area (Å²) < 4.78 is 0. The molecule has 0 nitrogen and oxygen atoms in total. The van der Waals surface area contributed by atoms with Crippen LogP contribution in [-0.4, -0.2) is 0 Å². The van der Waals surface area contributed by atoms with Crippen molar-refractivity contribution >= 4 is 35.9 Å². The molecule has 3 aromatic carbocycles. The molecule has 0 spiro atoms. The Kier molecular flexibility index (Phi) is 5.08. The van der Waals surface area contributed by atoms with Gasteiger partial charge in [0.15, 0.2) is 0 Å². The molecule has 112 valence electrons. The van der Waals surface area contributed by atoms with Crippen LogP contribution in [0.4, 0.5) is 0 Å². The molecular weight excluding hydrogens is 300 g/mol. The predicted octanol–water partition coefficient (Wildman–Crippen LogP) is 6.68. The first-order valence-electron chi connectivity index (χ1n) is 7.58. The maximum atomic E-state index is 6.39. The maximum absolute atomic E-state index is 6.39. The summed E-state index contributed by atoms with van der Waals surface area (Å²) in [5, 5.41) is 0.757. The molecule has 0 aliphatic heterocycles. The largest absolute Gasteiger partial charge is 0.0837 e. The summed E-state index contributed by atoms with van der Waals surface area (Å²) >= 11 is 6.39. The van der Waals surface area contributed by atoms with Gasteiger partial charge in [-0.2, -0.15) is 0 Å². The quantitative estimate of drug-likeness (QED) is 0.471. The van der Waals surface area contributed by atoms with E-state index in [2.05, 4.69) is 54.6 Å². The second-order valence-electron chi connectivity index (χ2n) is 5.23. The molecular formula is C22H17Cl. The lowest BCUT2D eigenvalue weighted by Crippen LogP contribution is -1.82. The normalized spacial score (nSPS) is 11.3. The van der Waals surface area contributed by atoms with Crippen molar-refractivity contribution in [2.75, 3.05) is 0 Å². The van der Waals surface area contributed by atoms with E-state index in [0.717, 1.165) is 21.7 Å². The van der Waals surface area contributed by atoms with Crippen molar-refractivity contribution in [2.45, 2.75) is 0 Å². The molecule has 3 aromatic rings. The first kappa shape index (κ1) is 15.3. The monoisotopic (exact) mass is 316 g/mol. The molecule has 0 unspecified atom stereocenters. The fraction of sp³-hybridized carbons (Fsp3) is 0. The molecule has 0 aliphatic rings. The van der Waals surface area contributed by atoms with Crippen LogP contribution in [-0.2, 0) is 0 Å². The summed E-state index contributed by atoms with van der Waals surface area (Å²) in [6.07, 6.45) is 8.36. The van der Waals surface area contributed by atoms with Gasteiger partial charge in [-0.15, -0.1) is 0 Å². The van der Waals surface area contributed by atoms with Crippen molar-refractivity contribution in [2.24, 2.45) is 0 Å². The summed E-state index contributed by atoms with van der Waals surface area (Å²) in [5.41, 5.74) is 4.47. The molecule has 1 heteroatoms. The Morgan fingerprint density at radius 1 is 0.522 bits per heavy atom. The van der Waals surface area contributed by atoms with Crippen LogP contribution in [0.3, 0.4) is 0 Å². The number of hydrogen-bond acceptors (Lipinski definition) is 0. The lowest BCUT2D eigenvalue weighted by Gasteiger charge is -2.04. The Balaban J connectivity index is 1.91. The third-order valence-corrected chi connectivity index (χ3v) is 3.91. The van der Waals surface area contributed by atoms with E-state index in [9.17, 15) is 0 Å². The SMILES string of the molecule is Clc1cccc(/C=C/c2ccccc2)c1/C=C/c1ccccc1. The Morgan fingerprint density at radius 3 is 1.70 bits per heavy atom. The molecule has 0 aromatic heterocycles. The molecule has 0 bridgehead atoms. The molecule has 0 N–H and O–H groups in total. The summed E-state index contributed by atoms with van der Waals surface area (Å²) in [7, 11) is 0. The zero-order valence-corrected chi connectivity index (χ0v) is 13.4. The standard InChI is InChI=1S/C22H17Cl/c23-22-13-7-12-20(16-14-18-8-3-1-4-9-18)21(22)17-15-19-10-5-2-6-11-19/h1-17H/b16-14+,17-15+. The Labute approximate surface area is 142 Å². The van der Waals surface area contributed by atoms with E-state index >= 15 is 0 Å². The molecule has 23 heavy (non-hydrogen) atoms. The minimum Gasteiger partial charge on any atom is -0.0837 e. The van der Waals surface area contributed by atoms with Crippen molar-refractivity contribution in [3.8, 4) is 0 Å². The van der Waals surface area contributed by atoms with Gasteiger partial charge in [-0.05, 0) is 22.8 Å². The van der Waals surface area contributed by atoms with Crippen LogP contribution in [0.5, 0.6) is 0 Å². The second kappa shape index (κ2) is 7.62. The molecule has 0 aliphatic carbocycles. The molecule has 0 atom stereocenters. The Morgan fingerprint density at radius 2 is 1.09 bits per heavy atom. The average Bonchev–Trinajstić information content (AvgIpc) is 2.61. The van der Waals surface area contributed by atoms with Crippen LogP contribution in [0.15, 0.2) is 78.9 Å². The lowest BCUT2D eigenvalue weighted by molar-refractivity contribution is 1.60. The van der Waals surface area contributed by atoms with E-state index in [-0.39, 0.29) is 0 Å². The van der Waals surface area contributed by atoms with Crippen LogP contribution in [0, 0.1) is 0 Å². The van der Waals surface area contributed by atoms with E-state index in [1.807, 2.05) is 48.5 Å². The van der Waals surface area contributed by atoms with E-state index in [1.54, 1.807) is 0 Å². The van der Waals surface area contributed by atoms with Gasteiger partial charge in [-0.25, -0.2) is 0 Å². The highest BCUT2D eigenvalue weighted by molar-refractivity contribution is 6.32. The van der Waals surface area contributed by atoms with Gasteiger partial charge in [0.2, 0.25) is 0 Å². The van der Waals surface area contributed by atoms with Crippen LogP contribution < -0.4 is 0 Å². The highest BCUT2D eigenvalue weighted by atomic mass is 35.5. The van der Waals surface area contributed by atoms with Gasteiger partial charge in [0.05, 0.1) is 0 Å². The highest BCUT2D eigenvalue weighted by Gasteiger charge is 2.01. The fourth-order valence-corrected chi connectivity index (χ4v) is 2.61. The van der Waals surface area contributed by atoms with E-state index in [0.29, 0.717) is 0 Å². The van der Waals surface area contributed by atoms with Gasteiger partial charge in [0.25, 0.3) is 0 Å². The summed E-state index contributed by atoms with van der Waals surface area (Å²) in [5.74, 6) is 0. The fourth-order valence-electron chi connectivity index (χ4n) is 2.37. The van der Waals surface area contributed by atoms with Gasteiger partial charge in [-0.3, -0.25) is 0 Å². The smallest absolute Gasteiger partial charge is 0.0484 e. The number of benzene rings is 3.